The first-order valence-electron chi connectivity index (χ1n) is 4.93. The molecule has 0 saturated heterocycles. The number of carbonyl (C=O) groups is 1. The molecule has 0 fully saturated rings. The minimum atomic E-state index is -0.941. The Balaban J connectivity index is 2.62. The number of carbonyl (C=O) groups excluding carboxylic acids is 1. The second-order valence-corrected chi connectivity index (χ2v) is 3.17. The van der Waals surface area contributed by atoms with E-state index >= 15 is 0 Å². The van der Waals surface area contributed by atoms with Crippen molar-refractivity contribution in [1.29, 1.82) is 0 Å². The topological polar surface area (TPSA) is 26.3 Å². The molecule has 1 rings (SSSR count). The molecule has 0 atom stereocenters. The van der Waals surface area contributed by atoms with Gasteiger partial charge in [0.1, 0.15) is 0 Å². The fourth-order valence-electron chi connectivity index (χ4n) is 1.03. The van der Waals surface area contributed by atoms with Gasteiger partial charge >= 0.3 is 5.97 Å². The van der Waals surface area contributed by atoms with Gasteiger partial charge in [0.05, 0.1) is 6.61 Å². The highest BCUT2D eigenvalue weighted by atomic mass is 19.2. The average Bonchev–Trinajstić information content (AvgIpc) is 2.28. The van der Waals surface area contributed by atoms with Crippen LogP contribution in [-0.2, 0) is 9.53 Å². The third kappa shape index (κ3) is 3.81. The first kappa shape index (κ1) is 12.4. The van der Waals surface area contributed by atoms with Crippen LogP contribution in [0.15, 0.2) is 24.3 Å². The molecule has 0 radical (unpaired) electrons. The summed E-state index contributed by atoms with van der Waals surface area (Å²) in [4.78, 5) is 11.1. The van der Waals surface area contributed by atoms with Crippen molar-refractivity contribution in [2.24, 2.45) is 0 Å². The molecule has 16 heavy (non-hydrogen) atoms. The summed E-state index contributed by atoms with van der Waals surface area (Å²) in [5.41, 5.74) is 0.410. The summed E-state index contributed by atoms with van der Waals surface area (Å²) in [5, 5.41) is 0. The normalized spacial score (nSPS) is 10.7. The molecule has 0 aliphatic heterocycles. The molecule has 1 aromatic carbocycles. The van der Waals surface area contributed by atoms with E-state index in [2.05, 4.69) is 0 Å². The zero-order valence-electron chi connectivity index (χ0n) is 8.87. The number of esters is 1. The Morgan fingerprint density at radius 3 is 2.75 bits per heavy atom. The first-order chi connectivity index (χ1) is 7.63. The maximum Gasteiger partial charge on any atom is 0.330 e. The molecule has 86 valence electrons. The number of hydrogen-bond acceptors (Lipinski definition) is 2. The molecule has 0 heterocycles. The van der Waals surface area contributed by atoms with Crippen LogP contribution in [0, 0.1) is 11.6 Å². The van der Waals surface area contributed by atoms with Gasteiger partial charge in [-0.15, -0.1) is 0 Å². The van der Waals surface area contributed by atoms with Crippen LogP contribution in [-0.4, -0.2) is 12.6 Å². The van der Waals surface area contributed by atoms with Crippen LogP contribution in [0.3, 0.4) is 0 Å². The van der Waals surface area contributed by atoms with Crippen molar-refractivity contribution in [1.82, 2.24) is 0 Å². The Morgan fingerprint density at radius 2 is 2.12 bits per heavy atom. The van der Waals surface area contributed by atoms with Gasteiger partial charge in [0, 0.05) is 6.08 Å². The Labute approximate surface area is 92.5 Å². The van der Waals surface area contributed by atoms with E-state index in [4.69, 9.17) is 4.74 Å². The van der Waals surface area contributed by atoms with Gasteiger partial charge in [0.25, 0.3) is 0 Å². The van der Waals surface area contributed by atoms with E-state index in [1.54, 1.807) is 0 Å². The Hall–Kier alpha value is -1.71. The molecular formula is C12H12F2O2. The van der Waals surface area contributed by atoms with E-state index < -0.39 is 17.6 Å². The van der Waals surface area contributed by atoms with Crippen molar-refractivity contribution in [2.45, 2.75) is 13.3 Å². The Bertz CT molecular complexity index is 400. The largest absolute Gasteiger partial charge is 0.463 e. The predicted molar refractivity (Wildman–Crippen MR) is 56.6 cm³/mol. The molecule has 0 aromatic heterocycles. The van der Waals surface area contributed by atoms with E-state index in [-0.39, 0.29) is 0 Å². The van der Waals surface area contributed by atoms with E-state index in [1.807, 2.05) is 6.92 Å². The molecule has 0 bridgehead atoms. The van der Waals surface area contributed by atoms with Crippen molar-refractivity contribution in [2.75, 3.05) is 6.61 Å². The predicted octanol–water partition coefficient (Wildman–Crippen LogP) is 2.93. The highest BCUT2D eigenvalue weighted by molar-refractivity contribution is 5.87. The highest BCUT2D eigenvalue weighted by Crippen LogP contribution is 2.09. The lowest BCUT2D eigenvalue weighted by Gasteiger charge is -1.98. The maximum atomic E-state index is 12.8. The lowest BCUT2D eigenvalue weighted by molar-refractivity contribution is -0.137. The van der Waals surface area contributed by atoms with Crippen LogP contribution < -0.4 is 0 Å². The van der Waals surface area contributed by atoms with Gasteiger partial charge in [-0.05, 0) is 30.2 Å². The molecule has 0 amide bonds. The molecule has 0 N–H and O–H groups in total. The molecule has 0 unspecified atom stereocenters. The van der Waals surface area contributed by atoms with Gasteiger partial charge in [-0.3, -0.25) is 0 Å². The molecule has 0 aliphatic carbocycles. The molecule has 4 heteroatoms. The number of halogens is 2. The molecule has 2 nitrogen and oxygen atoms in total. The second kappa shape index (κ2) is 6.00. The van der Waals surface area contributed by atoms with E-state index in [9.17, 15) is 13.6 Å². The summed E-state index contributed by atoms with van der Waals surface area (Å²) < 4.78 is 30.1. The van der Waals surface area contributed by atoms with Crippen LogP contribution in [0.1, 0.15) is 18.9 Å². The van der Waals surface area contributed by atoms with Gasteiger partial charge < -0.3 is 4.74 Å². The van der Waals surface area contributed by atoms with E-state index in [0.717, 1.165) is 18.6 Å². The average molecular weight is 226 g/mol. The van der Waals surface area contributed by atoms with Gasteiger partial charge in [0.15, 0.2) is 11.6 Å². The van der Waals surface area contributed by atoms with Crippen molar-refractivity contribution in [3.05, 3.63) is 41.5 Å². The summed E-state index contributed by atoms with van der Waals surface area (Å²) in [5.74, 6) is -2.35. The van der Waals surface area contributed by atoms with Gasteiger partial charge in [0.2, 0.25) is 0 Å². The lowest BCUT2D eigenvalue weighted by Crippen LogP contribution is -2.00. The summed E-state index contributed by atoms with van der Waals surface area (Å²) in [6, 6.07) is 3.40. The van der Waals surface area contributed by atoms with Crippen molar-refractivity contribution < 1.29 is 18.3 Å². The van der Waals surface area contributed by atoms with Crippen molar-refractivity contribution >= 4 is 12.0 Å². The minimum Gasteiger partial charge on any atom is -0.463 e. The fraction of sp³-hybridized carbons (Fsp3) is 0.250. The van der Waals surface area contributed by atoms with E-state index in [0.29, 0.717) is 12.2 Å². The quantitative estimate of drug-likeness (QED) is 0.582. The molecule has 0 aliphatic rings. The standard InChI is InChI=1S/C12H12F2O2/c1-2-7-16-12(15)6-4-9-3-5-10(13)11(14)8-9/h3-6,8H,2,7H2,1H3/b6-4+. The molecule has 1 aromatic rings. The zero-order chi connectivity index (χ0) is 12.0. The monoisotopic (exact) mass is 226 g/mol. The number of benzene rings is 1. The van der Waals surface area contributed by atoms with Crippen LogP contribution in [0.25, 0.3) is 6.08 Å². The summed E-state index contributed by atoms with van der Waals surface area (Å²) in [7, 11) is 0. The van der Waals surface area contributed by atoms with E-state index in [1.165, 1.54) is 18.2 Å². The summed E-state index contributed by atoms with van der Waals surface area (Å²) in [6.07, 6.45) is 3.30. The number of hydrogen-bond donors (Lipinski definition) is 0. The molecule has 0 saturated carbocycles. The van der Waals surface area contributed by atoms with Gasteiger partial charge in [-0.25, -0.2) is 13.6 Å². The van der Waals surface area contributed by atoms with Crippen molar-refractivity contribution in [3.63, 3.8) is 0 Å². The maximum absolute atomic E-state index is 12.8. The van der Waals surface area contributed by atoms with Gasteiger partial charge in [-0.2, -0.15) is 0 Å². The van der Waals surface area contributed by atoms with Crippen LogP contribution in [0.5, 0.6) is 0 Å². The SMILES string of the molecule is CCCOC(=O)/C=C/c1ccc(F)c(F)c1. The van der Waals surface area contributed by atoms with Crippen LogP contribution >= 0.6 is 0 Å². The molecular weight excluding hydrogens is 214 g/mol. The summed E-state index contributed by atoms with van der Waals surface area (Å²) >= 11 is 0. The van der Waals surface area contributed by atoms with Gasteiger partial charge in [-0.1, -0.05) is 13.0 Å². The zero-order valence-corrected chi connectivity index (χ0v) is 8.87. The Kier molecular flexibility index (Phi) is 4.64. The third-order valence-corrected chi connectivity index (χ3v) is 1.80. The smallest absolute Gasteiger partial charge is 0.330 e. The number of ether oxygens (including phenoxy) is 1. The van der Waals surface area contributed by atoms with Crippen LogP contribution in [0.2, 0.25) is 0 Å². The third-order valence-electron chi connectivity index (χ3n) is 1.80. The minimum absolute atomic E-state index is 0.348. The molecule has 0 spiro atoms. The number of rotatable bonds is 4. The first-order valence-corrected chi connectivity index (χ1v) is 4.93. The fourth-order valence-corrected chi connectivity index (χ4v) is 1.03. The summed E-state index contributed by atoms with van der Waals surface area (Å²) in [6.45, 7) is 2.23. The van der Waals surface area contributed by atoms with Crippen molar-refractivity contribution in [3.8, 4) is 0 Å². The Morgan fingerprint density at radius 1 is 1.38 bits per heavy atom. The lowest BCUT2D eigenvalue weighted by atomic mass is 10.2. The van der Waals surface area contributed by atoms with Crippen LogP contribution in [0.4, 0.5) is 8.78 Å². The second-order valence-electron chi connectivity index (χ2n) is 3.17. The highest BCUT2D eigenvalue weighted by Gasteiger charge is 2.01.